The average Bonchev–Trinajstić information content (AvgIpc) is 2.17. The van der Waals surface area contributed by atoms with E-state index in [1.165, 1.54) is 19.3 Å². The molecule has 0 aromatic rings. The molecular weight excluding hydrogens is 210 g/mol. The third kappa shape index (κ3) is 4.71. The highest BCUT2D eigenvalue weighted by Gasteiger charge is 2.26. The molecule has 0 radical (unpaired) electrons. The van der Waals surface area contributed by atoms with E-state index in [-0.39, 0.29) is 5.54 Å². The second-order valence-electron chi connectivity index (χ2n) is 5.19. The molecule has 0 aromatic heterocycles. The van der Waals surface area contributed by atoms with Crippen molar-refractivity contribution in [3.63, 3.8) is 0 Å². The maximum atomic E-state index is 5.79. The number of methoxy groups -OCH3 is 1. The summed E-state index contributed by atoms with van der Waals surface area (Å²) in [4.78, 5) is 0. The van der Waals surface area contributed by atoms with Gasteiger partial charge < -0.3 is 10.1 Å². The number of hydrogen-bond acceptors (Lipinski definition) is 2. The maximum Gasteiger partial charge on any atom is 0.0586 e. The zero-order chi connectivity index (χ0) is 11.3. The summed E-state index contributed by atoms with van der Waals surface area (Å²) in [5.41, 5.74) is 0.155. The molecule has 3 heteroatoms. The molecule has 2 atom stereocenters. The van der Waals surface area contributed by atoms with Crippen LogP contribution in [0.15, 0.2) is 0 Å². The van der Waals surface area contributed by atoms with Gasteiger partial charge >= 0.3 is 0 Å². The Morgan fingerprint density at radius 3 is 2.73 bits per heavy atom. The fourth-order valence-electron chi connectivity index (χ4n) is 2.35. The molecule has 2 unspecified atom stereocenters. The summed E-state index contributed by atoms with van der Waals surface area (Å²) in [5.74, 6) is 0.723. The lowest BCUT2D eigenvalue weighted by Gasteiger charge is -2.36. The van der Waals surface area contributed by atoms with Gasteiger partial charge in [-0.2, -0.15) is 0 Å². The van der Waals surface area contributed by atoms with Gasteiger partial charge in [0.1, 0.15) is 0 Å². The van der Waals surface area contributed by atoms with Crippen molar-refractivity contribution >= 4 is 11.6 Å². The molecule has 1 aliphatic rings. The topological polar surface area (TPSA) is 21.3 Å². The van der Waals surface area contributed by atoms with Gasteiger partial charge in [-0.1, -0.05) is 0 Å². The van der Waals surface area contributed by atoms with Crippen molar-refractivity contribution in [1.29, 1.82) is 0 Å². The van der Waals surface area contributed by atoms with Crippen LogP contribution in [-0.2, 0) is 4.74 Å². The third-order valence-corrected chi connectivity index (χ3v) is 3.46. The first kappa shape index (κ1) is 13.3. The first-order valence-corrected chi connectivity index (χ1v) is 6.47. The molecule has 0 bridgehead atoms. The highest BCUT2D eigenvalue weighted by molar-refractivity contribution is 6.17. The summed E-state index contributed by atoms with van der Waals surface area (Å²) in [5, 5.41) is 3.70. The van der Waals surface area contributed by atoms with E-state index >= 15 is 0 Å². The van der Waals surface area contributed by atoms with Gasteiger partial charge in [0, 0.05) is 24.6 Å². The molecule has 90 valence electrons. The minimum atomic E-state index is 0.155. The molecule has 0 heterocycles. The van der Waals surface area contributed by atoms with Crippen molar-refractivity contribution in [2.24, 2.45) is 0 Å². The molecule has 1 fully saturated rings. The van der Waals surface area contributed by atoms with Crippen LogP contribution >= 0.6 is 11.6 Å². The minimum Gasteiger partial charge on any atom is -0.381 e. The lowest BCUT2D eigenvalue weighted by atomic mass is 9.90. The van der Waals surface area contributed by atoms with E-state index in [0.717, 1.165) is 18.7 Å². The van der Waals surface area contributed by atoms with Gasteiger partial charge in [-0.25, -0.2) is 0 Å². The molecule has 1 rings (SSSR count). The lowest BCUT2D eigenvalue weighted by Crippen LogP contribution is -2.48. The highest BCUT2D eigenvalue weighted by Crippen LogP contribution is 2.23. The molecular formula is C12H24ClNO. The van der Waals surface area contributed by atoms with Crippen LogP contribution in [0.3, 0.4) is 0 Å². The van der Waals surface area contributed by atoms with E-state index in [1.807, 2.05) is 7.11 Å². The third-order valence-electron chi connectivity index (χ3n) is 3.27. The summed E-state index contributed by atoms with van der Waals surface area (Å²) in [6, 6.07) is 0.599. The Morgan fingerprint density at radius 1 is 1.40 bits per heavy atom. The van der Waals surface area contributed by atoms with Crippen LogP contribution in [0.1, 0.15) is 46.0 Å². The van der Waals surface area contributed by atoms with Gasteiger partial charge in [0.15, 0.2) is 0 Å². The van der Waals surface area contributed by atoms with Crippen molar-refractivity contribution < 1.29 is 4.74 Å². The normalized spacial score (nSPS) is 28.0. The second kappa shape index (κ2) is 6.07. The molecule has 1 saturated carbocycles. The Labute approximate surface area is 98.7 Å². The van der Waals surface area contributed by atoms with Crippen molar-refractivity contribution in [3.05, 3.63) is 0 Å². The zero-order valence-corrected chi connectivity index (χ0v) is 10.9. The quantitative estimate of drug-likeness (QED) is 0.738. The Kier molecular flexibility index (Phi) is 5.37. The average molecular weight is 234 g/mol. The van der Waals surface area contributed by atoms with Gasteiger partial charge in [0.25, 0.3) is 0 Å². The number of alkyl halides is 1. The molecule has 0 aliphatic heterocycles. The summed E-state index contributed by atoms with van der Waals surface area (Å²) in [6.45, 7) is 4.46. The molecule has 2 nitrogen and oxygen atoms in total. The van der Waals surface area contributed by atoms with Crippen molar-refractivity contribution in [2.75, 3.05) is 13.0 Å². The first-order valence-electron chi connectivity index (χ1n) is 5.94. The molecule has 1 aliphatic carbocycles. The maximum absolute atomic E-state index is 5.79. The van der Waals surface area contributed by atoms with E-state index in [0.29, 0.717) is 12.1 Å². The fraction of sp³-hybridized carbons (Fsp3) is 1.00. The summed E-state index contributed by atoms with van der Waals surface area (Å²) >= 11 is 5.79. The molecule has 0 spiro atoms. The van der Waals surface area contributed by atoms with E-state index < -0.39 is 0 Å². The van der Waals surface area contributed by atoms with Crippen LogP contribution in [0.5, 0.6) is 0 Å². The second-order valence-corrected chi connectivity index (χ2v) is 5.57. The van der Waals surface area contributed by atoms with Crippen molar-refractivity contribution in [3.8, 4) is 0 Å². The minimum absolute atomic E-state index is 0.155. The smallest absolute Gasteiger partial charge is 0.0586 e. The summed E-state index contributed by atoms with van der Waals surface area (Å²) in [7, 11) is 1.82. The Morgan fingerprint density at radius 2 is 2.13 bits per heavy atom. The predicted molar refractivity (Wildman–Crippen MR) is 65.6 cm³/mol. The summed E-state index contributed by atoms with van der Waals surface area (Å²) < 4.78 is 5.43. The van der Waals surface area contributed by atoms with Crippen LogP contribution in [0.4, 0.5) is 0 Å². The Balaban J connectivity index is 2.36. The number of rotatable bonds is 5. The van der Waals surface area contributed by atoms with E-state index in [4.69, 9.17) is 16.3 Å². The molecule has 1 N–H and O–H groups in total. The number of ether oxygens (including phenoxy) is 1. The molecule has 0 saturated heterocycles. The van der Waals surface area contributed by atoms with Crippen LogP contribution < -0.4 is 5.32 Å². The van der Waals surface area contributed by atoms with Crippen LogP contribution in [0.25, 0.3) is 0 Å². The van der Waals surface area contributed by atoms with E-state index in [9.17, 15) is 0 Å². The number of halogens is 1. The van der Waals surface area contributed by atoms with Gasteiger partial charge in [-0.05, 0) is 46.0 Å². The van der Waals surface area contributed by atoms with Crippen LogP contribution in [0.2, 0.25) is 0 Å². The fourth-order valence-corrected chi connectivity index (χ4v) is 2.82. The molecule has 0 aromatic carbocycles. The summed E-state index contributed by atoms with van der Waals surface area (Å²) in [6.07, 6.45) is 6.36. The van der Waals surface area contributed by atoms with E-state index in [1.54, 1.807) is 0 Å². The van der Waals surface area contributed by atoms with Gasteiger partial charge in [-0.15, -0.1) is 11.6 Å². The van der Waals surface area contributed by atoms with Crippen LogP contribution in [-0.4, -0.2) is 30.7 Å². The van der Waals surface area contributed by atoms with Gasteiger partial charge in [0.05, 0.1) is 6.10 Å². The molecule has 15 heavy (non-hydrogen) atoms. The monoisotopic (exact) mass is 233 g/mol. The van der Waals surface area contributed by atoms with Gasteiger partial charge in [-0.3, -0.25) is 0 Å². The highest BCUT2D eigenvalue weighted by atomic mass is 35.5. The lowest BCUT2D eigenvalue weighted by molar-refractivity contribution is 0.0538. The Hall–Kier alpha value is 0.210. The Bertz CT molecular complexity index is 184. The SMILES string of the molecule is COC1CCCC(NC(C)(C)CCCl)C1. The van der Waals surface area contributed by atoms with Crippen molar-refractivity contribution in [1.82, 2.24) is 5.32 Å². The standard InChI is InChI=1S/C12H24ClNO/c1-12(2,7-8-13)14-10-5-4-6-11(9-10)15-3/h10-11,14H,4-9H2,1-3H3. The molecule has 0 amide bonds. The first-order chi connectivity index (χ1) is 7.07. The largest absolute Gasteiger partial charge is 0.381 e. The van der Waals surface area contributed by atoms with Gasteiger partial charge in [0.2, 0.25) is 0 Å². The van der Waals surface area contributed by atoms with Crippen LogP contribution in [0, 0.1) is 0 Å². The zero-order valence-electron chi connectivity index (χ0n) is 10.2. The van der Waals surface area contributed by atoms with E-state index in [2.05, 4.69) is 19.2 Å². The number of hydrogen-bond donors (Lipinski definition) is 1. The predicted octanol–water partition coefficient (Wildman–Crippen LogP) is 2.94. The number of nitrogens with one attached hydrogen (secondary N) is 1. The van der Waals surface area contributed by atoms with Crippen molar-refractivity contribution in [2.45, 2.75) is 63.6 Å².